The summed E-state index contributed by atoms with van der Waals surface area (Å²) in [7, 11) is 0. The summed E-state index contributed by atoms with van der Waals surface area (Å²) in [5.74, 6) is 0. The third kappa shape index (κ3) is 3.37. The predicted octanol–water partition coefficient (Wildman–Crippen LogP) is 12.5. The highest BCUT2D eigenvalue weighted by molar-refractivity contribution is 7.26. The molecule has 0 fully saturated rings. The van der Waals surface area contributed by atoms with Gasteiger partial charge in [-0.15, -0.1) is 11.3 Å². The Kier molecular flexibility index (Phi) is 4.87. The average molecular weight is 582 g/mol. The molecular weight excluding hydrogens is 559 g/mol. The lowest BCUT2D eigenvalue weighted by atomic mass is 10.0. The molecule has 10 aromatic rings. The van der Waals surface area contributed by atoms with Crippen LogP contribution in [0, 0.1) is 0 Å². The van der Waals surface area contributed by atoms with Crippen LogP contribution < -0.4 is 4.90 Å². The van der Waals surface area contributed by atoms with Gasteiger partial charge in [-0.05, 0) is 66.0 Å². The first-order valence-electron chi connectivity index (χ1n) is 14.8. The molecular formula is C40H23NO2S. The van der Waals surface area contributed by atoms with Crippen molar-refractivity contribution in [2.24, 2.45) is 0 Å². The molecule has 3 nitrogen and oxygen atoms in total. The lowest BCUT2D eigenvalue weighted by Crippen LogP contribution is -2.10. The van der Waals surface area contributed by atoms with E-state index in [9.17, 15) is 0 Å². The van der Waals surface area contributed by atoms with Gasteiger partial charge in [-0.1, -0.05) is 72.8 Å². The van der Waals surface area contributed by atoms with E-state index in [1.807, 2.05) is 35.6 Å². The zero-order valence-electron chi connectivity index (χ0n) is 23.5. The molecule has 4 heteroatoms. The third-order valence-corrected chi connectivity index (χ3v) is 9.99. The van der Waals surface area contributed by atoms with E-state index in [0.29, 0.717) is 0 Å². The summed E-state index contributed by atoms with van der Waals surface area (Å²) in [4.78, 5) is 2.36. The first-order valence-corrected chi connectivity index (χ1v) is 15.6. The van der Waals surface area contributed by atoms with E-state index in [2.05, 4.69) is 120 Å². The first kappa shape index (κ1) is 23.9. The molecule has 0 N–H and O–H groups in total. The smallest absolute Gasteiger partial charge is 0.137 e. The first-order chi connectivity index (χ1) is 21.8. The average Bonchev–Trinajstić information content (AvgIpc) is 3.75. The second kappa shape index (κ2) is 8.96. The minimum absolute atomic E-state index is 0.870. The van der Waals surface area contributed by atoms with Gasteiger partial charge in [0.15, 0.2) is 0 Å². The fraction of sp³-hybridized carbons (Fsp3) is 0. The Hall–Kier alpha value is -5.58. The highest BCUT2D eigenvalue weighted by Crippen LogP contribution is 2.46. The third-order valence-electron chi connectivity index (χ3n) is 8.86. The molecule has 0 aliphatic carbocycles. The number of furan rings is 2. The summed E-state index contributed by atoms with van der Waals surface area (Å²) < 4.78 is 15.2. The van der Waals surface area contributed by atoms with Crippen molar-refractivity contribution in [3.63, 3.8) is 0 Å². The van der Waals surface area contributed by atoms with Crippen LogP contribution in [0.25, 0.3) is 74.8 Å². The van der Waals surface area contributed by atoms with Gasteiger partial charge in [-0.3, -0.25) is 0 Å². The number of hydrogen-bond donors (Lipinski definition) is 0. The number of hydrogen-bond acceptors (Lipinski definition) is 4. The second-order valence-corrected chi connectivity index (χ2v) is 12.4. The van der Waals surface area contributed by atoms with E-state index >= 15 is 0 Å². The quantitative estimate of drug-likeness (QED) is 0.208. The molecule has 0 aliphatic rings. The highest BCUT2D eigenvalue weighted by atomic mass is 32.1. The van der Waals surface area contributed by atoms with Gasteiger partial charge in [-0.2, -0.15) is 0 Å². The van der Waals surface area contributed by atoms with E-state index in [0.717, 1.165) is 60.9 Å². The van der Waals surface area contributed by atoms with E-state index < -0.39 is 0 Å². The number of thiophene rings is 1. The summed E-state index contributed by atoms with van der Waals surface area (Å²) in [6.45, 7) is 0. The number of rotatable bonds is 3. The summed E-state index contributed by atoms with van der Waals surface area (Å²) in [6, 6.07) is 49.5. The molecule has 0 bridgehead atoms. The zero-order chi connectivity index (χ0) is 28.8. The number of fused-ring (bicyclic) bond motifs is 11. The maximum atomic E-state index is 6.37. The number of anilines is 3. The van der Waals surface area contributed by atoms with Crippen LogP contribution in [0.5, 0.6) is 0 Å². The Bertz CT molecular complexity index is 2750. The van der Waals surface area contributed by atoms with Crippen molar-refractivity contribution >= 4 is 103 Å². The minimum Gasteiger partial charge on any atom is -0.456 e. The molecule has 0 amide bonds. The molecule has 206 valence electrons. The summed E-state index contributed by atoms with van der Waals surface area (Å²) >= 11 is 1.85. The van der Waals surface area contributed by atoms with Crippen LogP contribution in [0.3, 0.4) is 0 Å². The molecule has 10 rings (SSSR count). The zero-order valence-corrected chi connectivity index (χ0v) is 24.3. The van der Waals surface area contributed by atoms with Gasteiger partial charge in [0.25, 0.3) is 0 Å². The molecule has 3 aromatic heterocycles. The molecule has 0 spiro atoms. The summed E-state index contributed by atoms with van der Waals surface area (Å²) in [6.07, 6.45) is 0. The lowest BCUT2D eigenvalue weighted by Gasteiger charge is -2.27. The molecule has 0 saturated carbocycles. The molecule has 0 unspecified atom stereocenters. The van der Waals surface area contributed by atoms with Gasteiger partial charge in [0, 0.05) is 64.5 Å². The van der Waals surface area contributed by atoms with Crippen LogP contribution >= 0.6 is 11.3 Å². The Morgan fingerprint density at radius 2 is 1.00 bits per heavy atom. The van der Waals surface area contributed by atoms with Crippen molar-refractivity contribution in [2.75, 3.05) is 4.90 Å². The summed E-state index contributed by atoms with van der Waals surface area (Å²) in [5, 5.41) is 9.52. The van der Waals surface area contributed by atoms with E-state index in [1.54, 1.807) is 0 Å². The Labute approximate surface area is 255 Å². The van der Waals surface area contributed by atoms with Crippen LogP contribution in [0.15, 0.2) is 148 Å². The molecule has 0 radical (unpaired) electrons. The van der Waals surface area contributed by atoms with E-state index in [-0.39, 0.29) is 0 Å². The molecule has 44 heavy (non-hydrogen) atoms. The van der Waals surface area contributed by atoms with Crippen molar-refractivity contribution in [2.45, 2.75) is 0 Å². The van der Waals surface area contributed by atoms with Crippen molar-refractivity contribution < 1.29 is 8.83 Å². The van der Waals surface area contributed by atoms with Crippen LogP contribution in [-0.4, -0.2) is 0 Å². The maximum Gasteiger partial charge on any atom is 0.137 e. The van der Waals surface area contributed by atoms with Gasteiger partial charge in [0.2, 0.25) is 0 Å². The van der Waals surface area contributed by atoms with Crippen LogP contribution in [0.2, 0.25) is 0 Å². The number of benzene rings is 7. The molecule has 3 heterocycles. The standard InChI is InChI=1S/C40H23NO2S/c1-4-13-34-27(8-1)29-18-16-25(23-37(29)43-34)41(24-17-20-36-32(22-24)28-9-2-5-14-35(28)42-36)33-12-7-11-30-26(33)19-21-39-40(30)31-10-3-6-15-38(31)44-39/h1-23H. The normalized spacial score (nSPS) is 12.1. The van der Waals surface area contributed by atoms with Crippen molar-refractivity contribution in [3.05, 3.63) is 140 Å². The van der Waals surface area contributed by atoms with Crippen molar-refractivity contribution in [1.82, 2.24) is 0 Å². The van der Waals surface area contributed by atoms with Gasteiger partial charge < -0.3 is 13.7 Å². The molecule has 7 aromatic carbocycles. The second-order valence-electron chi connectivity index (χ2n) is 11.3. The number of nitrogens with zero attached hydrogens (tertiary/aromatic N) is 1. The topological polar surface area (TPSA) is 29.5 Å². The van der Waals surface area contributed by atoms with Crippen molar-refractivity contribution in [3.8, 4) is 0 Å². The van der Waals surface area contributed by atoms with Gasteiger partial charge in [0.05, 0.1) is 5.69 Å². The molecule has 0 atom stereocenters. The van der Waals surface area contributed by atoms with E-state index in [4.69, 9.17) is 8.83 Å². The fourth-order valence-corrected chi connectivity index (χ4v) is 8.02. The van der Waals surface area contributed by atoms with Crippen LogP contribution in [0.4, 0.5) is 17.1 Å². The SMILES string of the molecule is c1ccc2c(c1)oc1cc(N(c3ccc4oc5ccccc5c4c3)c3cccc4c3ccc3sc5ccccc5c34)ccc12. The van der Waals surface area contributed by atoms with E-state index in [1.165, 1.54) is 30.9 Å². The predicted molar refractivity (Wildman–Crippen MR) is 186 cm³/mol. The fourth-order valence-electron chi connectivity index (χ4n) is 6.89. The maximum absolute atomic E-state index is 6.37. The Morgan fingerprint density at radius 1 is 0.386 bits per heavy atom. The summed E-state index contributed by atoms with van der Waals surface area (Å²) in [5.41, 5.74) is 6.75. The van der Waals surface area contributed by atoms with Crippen molar-refractivity contribution in [1.29, 1.82) is 0 Å². The largest absolute Gasteiger partial charge is 0.456 e. The molecule has 0 saturated heterocycles. The van der Waals surface area contributed by atoms with Gasteiger partial charge >= 0.3 is 0 Å². The minimum atomic E-state index is 0.870. The van der Waals surface area contributed by atoms with Crippen LogP contribution in [0.1, 0.15) is 0 Å². The lowest BCUT2D eigenvalue weighted by molar-refractivity contribution is 0.668. The monoisotopic (exact) mass is 581 g/mol. The van der Waals surface area contributed by atoms with Gasteiger partial charge in [-0.25, -0.2) is 0 Å². The number of para-hydroxylation sites is 2. The highest BCUT2D eigenvalue weighted by Gasteiger charge is 2.20. The van der Waals surface area contributed by atoms with Gasteiger partial charge in [0.1, 0.15) is 22.3 Å². The molecule has 0 aliphatic heterocycles. The van der Waals surface area contributed by atoms with Crippen LogP contribution in [-0.2, 0) is 0 Å². The Balaban J connectivity index is 1.28. The Morgan fingerprint density at radius 3 is 1.86 bits per heavy atom.